The molecule has 0 saturated heterocycles. The molecular formula is C18H14BrClN2O3S. The molecule has 134 valence electrons. The van der Waals surface area contributed by atoms with Gasteiger partial charge in [0, 0.05) is 15.4 Å². The number of methoxy groups -OCH3 is 2. The number of nitrogens with zero attached hydrogens (tertiary/aromatic N) is 1. The Morgan fingerprint density at radius 1 is 1.19 bits per heavy atom. The summed E-state index contributed by atoms with van der Waals surface area (Å²) < 4.78 is 11.5. The van der Waals surface area contributed by atoms with Gasteiger partial charge in [-0.2, -0.15) is 0 Å². The van der Waals surface area contributed by atoms with Gasteiger partial charge in [-0.25, -0.2) is 4.98 Å². The Hall–Kier alpha value is -2.09. The molecule has 0 aliphatic rings. The second-order valence-corrected chi connectivity index (χ2v) is 7.36. The monoisotopic (exact) mass is 452 g/mol. The van der Waals surface area contributed by atoms with E-state index < -0.39 is 0 Å². The SMILES string of the molecule is COc1ccc(OC)c(-c2csc(NC(=O)c3ccc(Br)cc3Cl)n2)c1. The summed E-state index contributed by atoms with van der Waals surface area (Å²) in [5.41, 5.74) is 1.85. The van der Waals surface area contributed by atoms with Crippen LogP contribution in [0.4, 0.5) is 5.13 Å². The highest BCUT2D eigenvalue weighted by Gasteiger charge is 2.15. The van der Waals surface area contributed by atoms with Crippen LogP contribution in [0, 0.1) is 0 Å². The van der Waals surface area contributed by atoms with E-state index in [0.29, 0.717) is 32.9 Å². The third kappa shape index (κ3) is 4.00. The highest BCUT2D eigenvalue weighted by molar-refractivity contribution is 9.10. The van der Waals surface area contributed by atoms with Gasteiger partial charge < -0.3 is 9.47 Å². The fourth-order valence-corrected chi connectivity index (χ4v) is 3.77. The molecule has 0 saturated carbocycles. The minimum Gasteiger partial charge on any atom is -0.497 e. The number of rotatable bonds is 5. The van der Waals surface area contributed by atoms with Crippen LogP contribution in [0.25, 0.3) is 11.3 Å². The second-order valence-electron chi connectivity index (χ2n) is 5.18. The van der Waals surface area contributed by atoms with Crippen molar-refractivity contribution in [3.63, 3.8) is 0 Å². The molecule has 1 heterocycles. The van der Waals surface area contributed by atoms with Gasteiger partial charge in [-0.15, -0.1) is 11.3 Å². The van der Waals surface area contributed by atoms with Crippen molar-refractivity contribution in [3.8, 4) is 22.8 Å². The number of hydrogen-bond acceptors (Lipinski definition) is 5. The summed E-state index contributed by atoms with van der Waals surface area (Å²) in [5.74, 6) is 1.05. The predicted molar refractivity (Wildman–Crippen MR) is 108 cm³/mol. The molecule has 0 fully saturated rings. The maximum absolute atomic E-state index is 12.4. The van der Waals surface area contributed by atoms with Gasteiger partial charge in [-0.3, -0.25) is 10.1 Å². The molecule has 0 aliphatic carbocycles. The van der Waals surface area contributed by atoms with E-state index in [1.165, 1.54) is 11.3 Å². The van der Waals surface area contributed by atoms with Crippen molar-refractivity contribution in [2.45, 2.75) is 0 Å². The average Bonchev–Trinajstić information content (AvgIpc) is 3.09. The lowest BCUT2D eigenvalue weighted by molar-refractivity contribution is 0.102. The van der Waals surface area contributed by atoms with Gasteiger partial charge in [0.1, 0.15) is 11.5 Å². The van der Waals surface area contributed by atoms with Gasteiger partial charge in [0.25, 0.3) is 5.91 Å². The smallest absolute Gasteiger partial charge is 0.258 e. The predicted octanol–water partition coefficient (Wildman–Crippen LogP) is 5.50. The van der Waals surface area contributed by atoms with Crippen LogP contribution < -0.4 is 14.8 Å². The number of nitrogens with one attached hydrogen (secondary N) is 1. The molecule has 3 rings (SSSR count). The Morgan fingerprint density at radius 3 is 2.69 bits per heavy atom. The topological polar surface area (TPSA) is 60.5 Å². The van der Waals surface area contributed by atoms with Crippen molar-refractivity contribution in [1.29, 1.82) is 0 Å². The molecule has 1 amide bonds. The van der Waals surface area contributed by atoms with Gasteiger partial charge in [0.05, 0.1) is 30.5 Å². The summed E-state index contributed by atoms with van der Waals surface area (Å²) in [6, 6.07) is 10.5. The Morgan fingerprint density at radius 2 is 2.00 bits per heavy atom. The van der Waals surface area contributed by atoms with Gasteiger partial charge in [-0.05, 0) is 36.4 Å². The number of thiazole rings is 1. The van der Waals surface area contributed by atoms with Crippen LogP contribution in [-0.2, 0) is 0 Å². The highest BCUT2D eigenvalue weighted by atomic mass is 79.9. The summed E-state index contributed by atoms with van der Waals surface area (Å²) in [5, 5.41) is 5.45. The Labute approximate surface area is 168 Å². The van der Waals surface area contributed by atoms with Crippen LogP contribution in [-0.4, -0.2) is 25.1 Å². The quantitative estimate of drug-likeness (QED) is 0.554. The zero-order valence-electron chi connectivity index (χ0n) is 13.9. The summed E-state index contributed by atoms with van der Waals surface area (Å²) in [4.78, 5) is 16.9. The van der Waals surface area contributed by atoms with Crippen molar-refractivity contribution < 1.29 is 14.3 Å². The first-order valence-corrected chi connectivity index (χ1v) is 9.51. The van der Waals surface area contributed by atoms with E-state index in [2.05, 4.69) is 26.2 Å². The van der Waals surface area contributed by atoms with Crippen molar-refractivity contribution in [2.24, 2.45) is 0 Å². The summed E-state index contributed by atoms with van der Waals surface area (Å²) >= 11 is 10.8. The van der Waals surface area contributed by atoms with Crippen molar-refractivity contribution in [2.75, 3.05) is 19.5 Å². The number of aromatic nitrogens is 1. The lowest BCUT2D eigenvalue weighted by Crippen LogP contribution is -2.12. The van der Waals surface area contributed by atoms with E-state index in [9.17, 15) is 4.79 Å². The highest BCUT2D eigenvalue weighted by Crippen LogP contribution is 2.35. The first-order valence-electron chi connectivity index (χ1n) is 7.46. The fourth-order valence-electron chi connectivity index (χ4n) is 2.31. The maximum atomic E-state index is 12.4. The molecule has 26 heavy (non-hydrogen) atoms. The molecule has 3 aromatic rings. The molecule has 2 aromatic carbocycles. The van der Waals surface area contributed by atoms with Crippen LogP contribution in [0.3, 0.4) is 0 Å². The van der Waals surface area contributed by atoms with Gasteiger partial charge in [-0.1, -0.05) is 27.5 Å². The van der Waals surface area contributed by atoms with Crippen molar-refractivity contribution in [3.05, 3.63) is 56.8 Å². The molecule has 8 heteroatoms. The van der Waals surface area contributed by atoms with Crippen LogP contribution >= 0.6 is 38.9 Å². The Kier molecular flexibility index (Phi) is 5.80. The van der Waals surface area contributed by atoms with E-state index >= 15 is 0 Å². The van der Waals surface area contributed by atoms with E-state index in [1.807, 2.05) is 23.6 Å². The van der Waals surface area contributed by atoms with Gasteiger partial charge in [0.15, 0.2) is 5.13 Å². The van der Waals surface area contributed by atoms with Crippen LogP contribution in [0.2, 0.25) is 5.02 Å². The zero-order chi connectivity index (χ0) is 18.7. The van der Waals surface area contributed by atoms with Gasteiger partial charge in [0.2, 0.25) is 0 Å². The molecule has 0 bridgehead atoms. The molecule has 1 N–H and O–H groups in total. The number of ether oxygens (including phenoxy) is 2. The first kappa shape index (κ1) is 18.7. The third-order valence-electron chi connectivity index (χ3n) is 3.58. The van der Waals surface area contributed by atoms with E-state index in [0.717, 1.165) is 10.0 Å². The number of amides is 1. The number of halogens is 2. The summed E-state index contributed by atoms with van der Waals surface area (Å²) in [7, 11) is 3.19. The van der Waals surface area contributed by atoms with E-state index in [4.69, 9.17) is 21.1 Å². The Balaban J connectivity index is 1.85. The van der Waals surface area contributed by atoms with Crippen molar-refractivity contribution in [1.82, 2.24) is 4.98 Å². The summed E-state index contributed by atoms with van der Waals surface area (Å²) in [6.07, 6.45) is 0. The van der Waals surface area contributed by atoms with E-state index in [1.54, 1.807) is 32.4 Å². The normalized spacial score (nSPS) is 10.5. The zero-order valence-corrected chi connectivity index (χ0v) is 17.0. The minimum atomic E-state index is -0.319. The number of hydrogen-bond donors (Lipinski definition) is 1. The molecular weight excluding hydrogens is 440 g/mol. The van der Waals surface area contributed by atoms with E-state index in [-0.39, 0.29) is 5.91 Å². The molecule has 0 spiro atoms. The number of anilines is 1. The van der Waals surface area contributed by atoms with Gasteiger partial charge >= 0.3 is 0 Å². The number of benzene rings is 2. The molecule has 5 nitrogen and oxygen atoms in total. The molecule has 0 unspecified atom stereocenters. The molecule has 0 atom stereocenters. The number of carbonyl (C=O) groups excluding carboxylic acids is 1. The summed E-state index contributed by atoms with van der Waals surface area (Å²) in [6.45, 7) is 0. The lowest BCUT2D eigenvalue weighted by Gasteiger charge is -2.08. The molecule has 0 radical (unpaired) electrons. The standard InChI is InChI=1S/C18H14BrClN2O3S/c1-24-11-4-6-16(25-2)13(8-11)15-9-26-18(21-15)22-17(23)12-5-3-10(19)7-14(12)20/h3-9H,1-2H3,(H,21,22,23). The molecule has 0 aliphatic heterocycles. The van der Waals surface area contributed by atoms with Crippen LogP contribution in [0.1, 0.15) is 10.4 Å². The number of carbonyl (C=O) groups is 1. The largest absolute Gasteiger partial charge is 0.497 e. The Bertz CT molecular complexity index is 961. The average molecular weight is 454 g/mol. The maximum Gasteiger partial charge on any atom is 0.258 e. The minimum absolute atomic E-state index is 0.319. The second kappa shape index (κ2) is 8.07. The molecule has 1 aromatic heterocycles. The first-order chi connectivity index (χ1) is 12.5. The fraction of sp³-hybridized carbons (Fsp3) is 0.111. The van der Waals surface area contributed by atoms with Crippen LogP contribution in [0.15, 0.2) is 46.3 Å². The lowest BCUT2D eigenvalue weighted by atomic mass is 10.1. The third-order valence-corrected chi connectivity index (χ3v) is 5.15. The van der Waals surface area contributed by atoms with Crippen molar-refractivity contribution >= 4 is 49.9 Å². The van der Waals surface area contributed by atoms with Crippen LogP contribution in [0.5, 0.6) is 11.5 Å².